The van der Waals surface area contributed by atoms with Crippen molar-refractivity contribution in [1.82, 2.24) is 44.9 Å². The predicted octanol–water partition coefficient (Wildman–Crippen LogP) is 7.09. The van der Waals surface area contributed by atoms with Crippen LogP contribution in [-0.2, 0) is 54.7 Å². The van der Waals surface area contributed by atoms with Crippen LogP contribution in [0.25, 0.3) is 33.3 Å². The minimum atomic E-state index is -1.17. The van der Waals surface area contributed by atoms with Crippen LogP contribution in [0.2, 0.25) is 0 Å². The van der Waals surface area contributed by atoms with Crippen molar-refractivity contribution in [2.24, 2.45) is 11.3 Å². The molecule has 17 heteroatoms. The number of amides is 5. The number of benzene rings is 2. The molecule has 1 unspecified atom stereocenters. The summed E-state index contributed by atoms with van der Waals surface area (Å²) in [5, 5.41) is 5.45. The summed E-state index contributed by atoms with van der Waals surface area (Å²) in [4.78, 5) is 83.0. The number of hydrogen-bond acceptors (Lipinski definition) is 10. The highest BCUT2D eigenvalue weighted by Crippen LogP contribution is 2.42. The second-order valence-corrected chi connectivity index (χ2v) is 22.0. The Hall–Kier alpha value is -6.17. The van der Waals surface area contributed by atoms with E-state index in [1.54, 1.807) is 31.3 Å². The number of methoxy groups -OCH3 is 1. The summed E-state index contributed by atoms with van der Waals surface area (Å²) in [6.45, 7) is 18.7. The van der Waals surface area contributed by atoms with Gasteiger partial charge in [0.1, 0.15) is 24.8 Å². The van der Waals surface area contributed by atoms with Gasteiger partial charge in [-0.05, 0) is 123 Å². The van der Waals surface area contributed by atoms with Crippen LogP contribution < -0.4 is 10.7 Å². The topological polar surface area (TPSA) is 162 Å². The number of likely N-dealkylation sites (N-methyl/N-ethyl adjacent to an activating group) is 2. The number of carbonyl (C=O) groups is 5. The molecule has 0 aliphatic carbocycles. The normalized spacial score (nSPS) is 21.3. The molecular formula is C57H76FN9O7. The highest BCUT2D eigenvalue weighted by Gasteiger charge is 2.45. The van der Waals surface area contributed by atoms with Gasteiger partial charge in [-0.1, -0.05) is 52.5 Å². The average molecular weight is 1020 g/mol. The largest absolute Gasteiger partial charge is 0.464 e. The molecular weight excluding hydrogens is 942 g/mol. The standard InChI is InChI=1S/C57H76FN9O7/c1-11-48(68)65-26-25-62(8)57(34-65)19-23-64(24-20-57)55(72)63(9)50(36(3)4)52(69)60-46-30-38-27-39(33-58)29-41(28-38)40-17-18-47-43(31-40)44(51(66(47)12-2)42-15-13-21-59-49(42)37(5)73-10)32-56(6,7)35-74-54(71)45-16-14-22-67(61-45)53(46)70/h11,13,15,17-18,21,27-29,31,36-37,45-46,50,61H,1,12,14,16,19-20,22-26,30,32-35H2,2-10H3,(H,60,69)/t37-,45-,46?,50-/m0/s1. The van der Waals surface area contributed by atoms with Crippen molar-refractivity contribution in [3.8, 4) is 22.4 Å². The molecule has 0 radical (unpaired) electrons. The fourth-order valence-corrected chi connectivity index (χ4v) is 11.8. The number of hydrazine groups is 1. The van der Waals surface area contributed by atoms with Crippen LogP contribution in [0.4, 0.5) is 9.18 Å². The Morgan fingerprint density at radius 2 is 1.78 bits per heavy atom. The van der Waals surface area contributed by atoms with E-state index < -0.39 is 48.0 Å². The van der Waals surface area contributed by atoms with E-state index in [1.165, 1.54) is 16.0 Å². The molecule has 6 bridgehead atoms. The number of pyridine rings is 1. The van der Waals surface area contributed by atoms with Crippen molar-refractivity contribution in [3.05, 3.63) is 89.8 Å². The van der Waals surface area contributed by atoms with E-state index in [4.69, 9.17) is 14.5 Å². The van der Waals surface area contributed by atoms with Gasteiger partial charge in [-0.25, -0.2) is 14.6 Å². The third-order valence-electron chi connectivity index (χ3n) is 16.0. The molecule has 2 aromatic carbocycles. The maximum absolute atomic E-state index is 15.1. The number of urea groups is 1. The predicted molar refractivity (Wildman–Crippen MR) is 283 cm³/mol. The van der Waals surface area contributed by atoms with Gasteiger partial charge in [0, 0.05) is 100 Å². The van der Waals surface area contributed by atoms with Crippen LogP contribution in [-0.4, -0.2) is 155 Å². The van der Waals surface area contributed by atoms with Crippen molar-refractivity contribution >= 4 is 40.6 Å². The first-order chi connectivity index (χ1) is 35.3. The smallest absolute Gasteiger partial charge is 0.324 e. The quantitative estimate of drug-likeness (QED) is 0.124. The van der Waals surface area contributed by atoms with Crippen LogP contribution in [0.1, 0.15) is 95.7 Å². The average Bonchev–Trinajstić information content (AvgIpc) is 3.70. The lowest BCUT2D eigenvalue weighted by Crippen LogP contribution is -2.66. The number of aryl methyl sites for hydroxylation is 1. The molecule has 398 valence electrons. The molecule has 2 N–H and O–H groups in total. The van der Waals surface area contributed by atoms with Gasteiger partial charge >= 0.3 is 12.0 Å². The Bertz CT molecular complexity index is 2770. The van der Waals surface area contributed by atoms with Gasteiger partial charge in [-0.3, -0.25) is 34.1 Å². The summed E-state index contributed by atoms with van der Waals surface area (Å²) in [6, 6.07) is 12.5. The van der Waals surface area contributed by atoms with Crippen molar-refractivity contribution in [3.63, 3.8) is 0 Å². The SMILES string of the molecule is C=CC(=O)N1CCN(C)C2(CCN(C(=O)N(C)[C@H](C(=O)NC3Cc4cc(CF)cc(c4)-c4ccc5c(c4)c(c(-c4cccnc4[C@H](C)OC)n5CC)CC(C)(C)COC(=O)[C@@H]4CCCN(N4)C3=O)C(C)C)CC2)C1. The Balaban J connectivity index is 1.15. The van der Waals surface area contributed by atoms with Gasteiger partial charge in [-0.15, -0.1) is 0 Å². The zero-order valence-electron chi connectivity index (χ0n) is 44.8. The number of alkyl halides is 1. The molecule has 6 heterocycles. The molecule has 4 aromatic rings. The number of esters is 1. The third-order valence-corrected chi connectivity index (χ3v) is 16.0. The Morgan fingerprint density at radius 3 is 2.47 bits per heavy atom. The second-order valence-electron chi connectivity index (χ2n) is 22.0. The molecule has 16 nitrogen and oxygen atoms in total. The molecule has 74 heavy (non-hydrogen) atoms. The molecule has 4 aliphatic rings. The minimum Gasteiger partial charge on any atom is -0.464 e. The third kappa shape index (κ3) is 11.0. The first kappa shape index (κ1) is 54.1. The summed E-state index contributed by atoms with van der Waals surface area (Å²) >= 11 is 0. The van der Waals surface area contributed by atoms with Gasteiger partial charge in [0.2, 0.25) is 11.8 Å². The van der Waals surface area contributed by atoms with E-state index in [9.17, 15) is 24.0 Å². The second kappa shape index (κ2) is 22.4. The Labute approximate surface area is 435 Å². The zero-order chi connectivity index (χ0) is 53.2. The first-order valence-electron chi connectivity index (χ1n) is 26.3. The van der Waals surface area contributed by atoms with Gasteiger partial charge in [0.25, 0.3) is 5.91 Å². The summed E-state index contributed by atoms with van der Waals surface area (Å²) in [6.07, 6.45) is 5.58. The molecule has 4 atom stereocenters. The molecule has 3 saturated heterocycles. The summed E-state index contributed by atoms with van der Waals surface area (Å²) < 4.78 is 29.3. The highest BCUT2D eigenvalue weighted by molar-refractivity contribution is 5.96. The molecule has 0 saturated carbocycles. The number of nitrogens with one attached hydrogen (secondary N) is 2. The Morgan fingerprint density at radius 1 is 1.03 bits per heavy atom. The van der Waals surface area contributed by atoms with E-state index in [0.29, 0.717) is 82.5 Å². The zero-order valence-corrected chi connectivity index (χ0v) is 44.8. The van der Waals surface area contributed by atoms with Crippen LogP contribution in [0.5, 0.6) is 0 Å². The minimum absolute atomic E-state index is 0.00616. The van der Waals surface area contributed by atoms with Gasteiger partial charge in [0.05, 0.1) is 24.1 Å². The summed E-state index contributed by atoms with van der Waals surface area (Å²) in [7, 11) is 5.36. The van der Waals surface area contributed by atoms with Gasteiger partial charge < -0.3 is 34.1 Å². The van der Waals surface area contributed by atoms with Crippen molar-refractivity contribution in [1.29, 1.82) is 0 Å². The number of likely N-dealkylation sites (tertiary alicyclic amines) is 1. The summed E-state index contributed by atoms with van der Waals surface area (Å²) in [5.74, 6) is -1.93. The number of cyclic esters (lactones) is 1. The number of fused-ring (bicyclic) bond motifs is 6. The number of nitrogens with zero attached hydrogens (tertiary/aromatic N) is 7. The highest BCUT2D eigenvalue weighted by atomic mass is 19.1. The molecule has 2 aromatic heterocycles. The Kier molecular flexibility index (Phi) is 16.3. The molecule has 1 spiro atoms. The van der Waals surface area contributed by atoms with E-state index in [0.717, 1.165) is 44.5 Å². The van der Waals surface area contributed by atoms with Crippen LogP contribution >= 0.6 is 0 Å². The van der Waals surface area contributed by atoms with Crippen LogP contribution in [0.15, 0.2) is 67.4 Å². The number of halogens is 1. The fourth-order valence-electron chi connectivity index (χ4n) is 11.8. The fraction of sp³-hybridized carbons (Fsp3) is 0.544. The van der Waals surface area contributed by atoms with Crippen molar-refractivity contribution in [2.75, 3.05) is 67.1 Å². The lowest BCUT2D eigenvalue weighted by atomic mass is 9.83. The molecule has 8 rings (SSSR count). The van der Waals surface area contributed by atoms with Crippen molar-refractivity contribution in [2.45, 2.75) is 123 Å². The van der Waals surface area contributed by atoms with E-state index in [2.05, 4.69) is 72.8 Å². The lowest BCUT2D eigenvalue weighted by Gasteiger charge is -2.53. The maximum atomic E-state index is 15.1. The number of carbonyl (C=O) groups excluding carboxylic acids is 5. The van der Waals surface area contributed by atoms with Gasteiger partial charge in [-0.2, -0.15) is 0 Å². The lowest BCUT2D eigenvalue weighted by molar-refractivity contribution is -0.155. The van der Waals surface area contributed by atoms with Crippen molar-refractivity contribution < 1.29 is 37.8 Å². The van der Waals surface area contributed by atoms with E-state index in [1.807, 2.05) is 49.9 Å². The number of aromatic nitrogens is 2. The maximum Gasteiger partial charge on any atom is 0.324 e. The van der Waals surface area contributed by atoms with Crippen LogP contribution in [0.3, 0.4) is 0 Å². The molecule has 4 aliphatic heterocycles. The van der Waals surface area contributed by atoms with E-state index in [-0.39, 0.29) is 49.1 Å². The number of piperidine rings is 1. The van der Waals surface area contributed by atoms with Crippen LogP contribution in [0, 0.1) is 11.3 Å². The van der Waals surface area contributed by atoms with Gasteiger partial charge in [0.15, 0.2) is 0 Å². The number of rotatable bonds is 10. The first-order valence-corrected chi connectivity index (χ1v) is 26.3. The number of ether oxygens (including phenoxy) is 2. The van der Waals surface area contributed by atoms with E-state index >= 15 is 4.39 Å². The monoisotopic (exact) mass is 1020 g/mol. The number of piperazine rings is 1. The number of hydrogen-bond donors (Lipinski definition) is 2. The molecule has 3 fully saturated rings. The molecule has 5 amide bonds. The summed E-state index contributed by atoms with van der Waals surface area (Å²) in [5.41, 5.74) is 9.73.